The molecule has 0 amide bonds. The van der Waals surface area contributed by atoms with Crippen LogP contribution >= 0.6 is 15.9 Å². The minimum Gasteiger partial charge on any atom is -0.369 e. The number of anilines is 1. The first-order chi connectivity index (χ1) is 8.79. The van der Waals surface area contributed by atoms with Gasteiger partial charge in [-0.05, 0) is 28.8 Å². The van der Waals surface area contributed by atoms with Gasteiger partial charge in [0.1, 0.15) is 12.0 Å². The summed E-state index contributed by atoms with van der Waals surface area (Å²) in [6.07, 6.45) is -3.50. The van der Waals surface area contributed by atoms with E-state index in [0.29, 0.717) is 23.3 Å². The molecule has 0 radical (unpaired) electrons. The van der Waals surface area contributed by atoms with Crippen LogP contribution in [0.4, 0.5) is 24.7 Å². The zero-order valence-electron chi connectivity index (χ0n) is 9.71. The smallest absolute Gasteiger partial charge is 0.369 e. The number of pyridine rings is 1. The molecule has 0 spiro atoms. The van der Waals surface area contributed by atoms with Crippen molar-refractivity contribution in [3.63, 3.8) is 0 Å². The molecule has 19 heavy (non-hydrogen) atoms. The standard InChI is InChI=1S/C10H11BrF3N3O2/c11-8-5-7(17(18)19)6-16-9(8)15-4-2-1-3-10(12,13)14/h5-6H,1-4H2,(H,15,16). The predicted molar refractivity (Wildman–Crippen MR) is 67.0 cm³/mol. The number of hydrogen-bond donors (Lipinski definition) is 1. The topological polar surface area (TPSA) is 68.1 Å². The monoisotopic (exact) mass is 341 g/mol. The number of nitrogens with zero attached hydrogens (tertiary/aromatic N) is 2. The van der Waals surface area contributed by atoms with E-state index in [4.69, 9.17) is 0 Å². The minimum atomic E-state index is -4.13. The highest BCUT2D eigenvalue weighted by atomic mass is 79.9. The average Bonchev–Trinajstić information content (AvgIpc) is 2.28. The molecule has 0 atom stereocenters. The molecule has 1 N–H and O–H groups in total. The number of halogens is 4. The molecule has 0 aliphatic carbocycles. The third kappa shape index (κ3) is 5.86. The summed E-state index contributed by atoms with van der Waals surface area (Å²) in [5.41, 5.74) is -0.158. The summed E-state index contributed by atoms with van der Waals surface area (Å²) in [6.45, 7) is 0.319. The second-order valence-electron chi connectivity index (χ2n) is 3.78. The predicted octanol–water partition coefficient (Wildman–Crippen LogP) is 3.90. The molecule has 0 fully saturated rings. The molecule has 1 heterocycles. The lowest BCUT2D eigenvalue weighted by Gasteiger charge is -2.08. The number of nitrogens with one attached hydrogen (secondary N) is 1. The minimum absolute atomic E-state index is 0.0289. The van der Waals surface area contributed by atoms with Crippen LogP contribution in [-0.2, 0) is 0 Å². The molecule has 0 aliphatic rings. The summed E-state index contributed by atoms with van der Waals surface area (Å²) < 4.78 is 36.1. The molecule has 106 valence electrons. The Morgan fingerprint density at radius 1 is 1.42 bits per heavy atom. The summed E-state index contributed by atoms with van der Waals surface area (Å²) in [7, 11) is 0. The van der Waals surface area contributed by atoms with Gasteiger partial charge < -0.3 is 5.32 Å². The van der Waals surface area contributed by atoms with Gasteiger partial charge in [0, 0.05) is 19.0 Å². The molecule has 0 bridgehead atoms. The number of alkyl halides is 3. The van der Waals surface area contributed by atoms with E-state index >= 15 is 0 Å². The van der Waals surface area contributed by atoms with E-state index in [1.165, 1.54) is 6.07 Å². The lowest BCUT2D eigenvalue weighted by Crippen LogP contribution is -2.09. The van der Waals surface area contributed by atoms with E-state index in [2.05, 4.69) is 26.2 Å². The van der Waals surface area contributed by atoms with E-state index < -0.39 is 17.5 Å². The molecule has 0 aliphatic heterocycles. The number of hydrogen-bond acceptors (Lipinski definition) is 4. The van der Waals surface area contributed by atoms with Crippen molar-refractivity contribution in [2.24, 2.45) is 0 Å². The molecule has 0 aromatic carbocycles. The summed E-state index contributed by atoms with van der Waals surface area (Å²) in [4.78, 5) is 13.7. The summed E-state index contributed by atoms with van der Waals surface area (Å²) in [5.74, 6) is 0.373. The van der Waals surface area contributed by atoms with E-state index in [1.807, 2.05) is 0 Å². The molecule has 1 aromatic heterocycles. The maximum atomic E-state index is 11.9. The Morgan fingerprint density at radius 2 is 2.11 bits per heavy atom. The Balaban J connectivity index is 2.40. The van der Waals surface area contributed by atoms with Crippen LogP contribution in [0.5, 0.6) is 0 Å². The van der Waals surface area contributed by atoms with Crippen molar-refractivity contribution < 1.29 is 18.1 Å². The van der Waals surface area contributed by atoms with Crippen LogP contribution in [0.25, 0.3) is 0 Å². The third-order valence-corrected chi connectivity index (χ3v) is 2.82. The number of aromatic nitrogens is 1. The van der Waals surface area contributed by atoms with Gasteiger partial charge in [-0.3, -0.25) is 10.1 Å². The highest BCUT2D eigenvalue weighted by Gasteiger charge is 2.25. The van der Waals surface area contributed by atoms with Crippen LogP contribution in [0.15, 0.2) is 16.7 Å². The van der Waals surface area contributed by atoms with Crippen molar-refractivity contribution in [2.75, 3.05) is 11.9 Å². The van der Waals surface area contributed by atoms with Gasteiger partial charge >= 0.3 is 6.18 Å². The van der Waals surface area contributed by atoms with Crippen molar-refractivity contribution in [3.05, 3.63) is 26.9 Å². The normalized spacial score (nSPS) is 11.4. The van der Waals surface area contributed by atoms with E-state index in [9.17, 15) is 23.3 Å². The van der Waals surface area contributed by atoms with Crippen molar-refractivity contribution in [2.45, 2.75) is 25.4 Å². The zero-order chi connectivity index (χ0) is 14.5. The van der Waals surface area contributed by atoms with E-state index in [-0.39, 0.29) is 12.1 Å². The molecule has 0 saturated heterocycles. The van der Waals surface area contributed by atoms with Crippen molar-refractivity contribution >= 4 is 27.4 Å². The quantitative estimate of drug-likeness (QED) is 0.484. The third-order valence-electron chi connectivity index (χ3n) is 2.22. The fourth-order valence-corrected chi connectivity index (χ4v) is 1.79. The van der Waals surface area contributed by atoms with Gasteiger partial charge in [-0.15, -0.1) is 0 Å². The summed E-state index contributed by atoms with van der Waals surface area (Å²) in [5, 5.41) is 13.3. The Hall–Kier alpha value is -1.38. The molecule has 0 unspecified atom stereocenters. The summed E-state index contributed by atoms with van der Waals surface area (Å²) in [6, 6.07) is 1.28. The lowest BCUT2D eigenvalue weighted by atomic mass is 10.2. The Morgan fingerprint density at radius 3 is 2.63 bits per heavy atom. The first-order valence-electron chi connectivity index (χ1n) is 5.40. The maximum absolute atomic E-state index is 11.9. The second-order valence-corrected chi connectivity index (χ2v) is 4.63. The number of nitro groups is 1. The van der Waals surface area contributed by atoms with E-state index in [1.54, 1.807) is 0 Å². The summed E-state index contributed by atoms with van der Waals surface area (Å²) >= 11 is 3.11. The lowest BCUT2D eigenvalue weighted by molar-refractivity contribution is -0.385. The van der Waals surface area contributed by atoms with Crippen LogP contribution in [0.1, 0.15) is 19.3 Å². The van der Waals surface area contributed by atoms with Crippen molar-refractivity contribution in [3.8, 4) is 0 Å². The Kier molecular flexibility index (Phi) is 5.52. The van der Waals surface area contributed by atoms with Gasteiger partial charge in [0.05, 0.1) is 9.40 Å². The van der Waals surface area contributed by atoms with Gasteiger partial charge in [-0.1, -0.05) is 0 Å². The highest BCUT2D eigenvalue weighted by Crippen LogP contribution is 2.25. The van der Waals surface area contributed by atoms with Crippen molar-refractivity contribution in [1.29, 1.82) is 0 Å². The van der Waals surface area contributed by atoms with Crippen LogP contribution in [0.2, 0.25) is 0 Å². The fourth-order valence-electron chi connectivity index (χ4n) is 1.31. The highest BCUT2D eigenvalue weighted by molar-refractivity contribution is 9.10. The molecule has 5 nitrogen and oxygen atoms in total. The Bertz CT molecular complexity index is 454. The van der Waals surface area contributed by atoms with Gasteiger partial charge in [0.15, 0.2) is 0 Å². The number of rotatable bonds is 6. The molecule has 0 saturated carbocycles. The first kappa shape index (κ1) is 15.7. The SMILES string of the molecule is O=[N+]([O-])c1cnc(NCCCCC(F)(F)F)c(Br)c1. The molecule has 1 rings (SSSR count). The largest absolute Gasteiger partial charge is 0.389 e. The fraction of sp³-hybridized carbons (Fsp3) is 0.500. The average molecular weight is 342 g/mol. The first-order valence-corrected chi connectivity index (χ1v) is 6.19. The second kappa shape index (κ2) is 6.69. The Labute approximate surface area is 115 Å². The van der Waals surface area contributed by atoms with Gasteiger partial charge in [-0.25, -0.2) is 4.98 Å². The van der Waals surface area contributed by atoms with Crippen LogP contribution < -0.4 is 5.32 Å². The zero-order valence-corrected chi connectivity index (χ0v) is 11.3. The molecular weight excluding hydrogens is 331 g/mol. The van der Waals surface area contributed by atoms with Crippen LogP contribution in [0, 0.1) is 10.1 Å². The van der Waals surface area contributed by atoms with E-state index in [0.717, 1.165) is 6.20 Å². The van der Waals surface area contributed by atoms with Crippen molar-refractivity contribution in [1.82, 2.24) is 4.98 Å². The maximum Gasteiger partial charge on any atom is 0.389 e. The van der Waals surface area contributed by atoms with Gasteiger partial charge in [0.2, 0.25) is 0 Å². The van der Waals surface area contributed by atoms with Crippen LogP contribution in [-0.4, -0.2) is 22.6 Å². The van der Waals surface area contributed by atoms with Crippen LogP contribution in [0.3, 0.4) is 0 Å². The molecule has 1 aromatic rings. The van der Waals surface area contributed by atoms with Gasteiger partial charge in [0.25, 0.3) is 5.69 Å². The molecular formula is C10H11BrF3N3O2. The number of unbranched alkanes of at least 4 members (excludes halogenated alkanes) is 1. The van der Waals surface area contributed by atoms with Gasteiger partial charge in [-0.2, -0.15) is 13.2 Å². The molecule has 9 heteroatoms.